The second-order valence-electron chi connectivity index (χ2n) is 8.91. The van der Waals surface area contributed by atoms with Crippen molar-refractivity contribution in [2.24, 2.45) is 5.92 Å². The summed E-state index contributed by atoms with van der Waals surface area (Å²) in [5.41, 5.74) is 6.11. The van der Waals surface area contributed by atoms with E-state index in [9.17, 15) is 9.18 Å². The Hall–Kier alpha value is -3.18. The van der Waals surface area contributed by atoms with E-state index in [2.05, 4.69) is 17.0 Å². The first-order chi connectivity index (χ1) is 15.5. The quantitative estimate of drug-likeness (QED) is 0.555. The van der Waals surface area contributed by atoms with E-state index in [0.29, 0.717) is 18.2 Å². The van der Waals surface area contributed by atoms with Crippen molar-refractivity contribution in [3.05, 3.63) is 88.7 Å². The number of halogens is 1. The van der Waals surface area contributed by atoms with Gasteiger partial charge < -0.3 is 9.84 Å². The molecule has 5 heteroatoms. The number of rotatable bonds is 6. The lowest BCUT2D eigenvalue weighted by atomic mass is 9.79. The summed E-state index contributed by atoms with van der Waals surface area (Å²) in [4.78, 5) is 13.4. The molecular formula is C27H26FNO3. The molecule has 0 radical (unpaired) electrons. The van der Waals surface area contributed by atoms with E-state index >= 15 is 0 Å². The zero-order chi connectivity index (χ0) is 22.2. The zero-order valence-electron chi connectivity index (χ0n) is 18.1. The lowest BCUT2D eigenvalue weighted by Crippen LogP contribution is -2.44. The largest absolute Gasteiger partial charge is 0.489 e. The number of hydrogen-bond donors (Lipinski definition) is 1. The molecule has 3 aromatic rings. The highest BCUT2D eigenvalue weighted by Gasteiger charge is 2.39. The molecule has 1 saturated carbocycles. The van der Waals surface area contributed by atoms with Gasteiger partial charge in [-0.05, 0) is 65.8 Å². The molecule has 0 spiro atoms. The number of ether oxygens (including phenoxy) is 1. The van der Waals surface area contributed by atoms with Crippen LogP contribution in [0, 0.1) is 18.7 Å². The zero-order valence-corrected chi connectivity index (χ0v) is 18.1. The van der Waals surface area contributed by atoms with E-state index in [0.717, 1.165) is 48.4 Å². The van der Waals surface area contributed by atoms with Gasteiger partial charge in [0, 0.05) is 24.7 Å². The smallest absolute Gasteiger partial charge is 0.306 e. The number of carboxylic acids is 1. The van der Waals surface area contributed by atoms with Crippen LogP contribution in [0.1, 0.15) is 35.1 Å². The molecule has 0 aromatic heterocycles. The normalized spacial score (nSPS) is 19.9. The Morgan fingerprint density at radius 1 is 1.03 bits per heavy atom. The van der Waals surface area contributed by atoms with Crippen LogP contribution >= 0.6 is 0 Å². The Morgan fingerprint density at radius 2 is 1.81 bits per heavy atom. The topological polar surface area (TPSA) is 49.8 Å². The van der Waals surface area contributed by atoms with Crippen LogP contribution in [0.4, 0.5) is 4.39 Å². The van der Waals surface area contributed by atoms with Gasteiger partial charge in [0.1, 0.15) is 18.2 Å². The molecule has 1 aliphatic heterocycles. The van der Waals surface area contributed by atoms with Gasteiger partial charge in [0.05, 0.1) is 5.92 Å². The Kier molecular flexibility index (Phi) is 5.43. The number of aliphatic carboxylic acids is 1. The molecule has 0 bridgehead atoms. The first kappa shape index (κ1) is 20.7. The fraction of sp³-hybridized carbons (Fsp3) is 0.296. The van der Waals surface area contributed by atoms with Gasteiger partial charge in [-0.15, -0.1) is 0 Å². The minimum absolute atomic E-state index is 0.184. The summed E-state index contributed by atoms with van der Waals surface area (Å²) in [5, 5.41) is 9.11. The van der Waals surface area contributed by atoms with Gasteiger partial charge >= 0.3 is 5.97 Å². The van der Waals surface area contributed by atoms with Gasteiger partial charge in [-0.3, -0.25) is 9.69 Å². The van der Waals surface area contributed by atoms with Crippen LogP contribution in [0.15, 0.2) is 60.7 Å². The fourth-order valence-electron chi connectivity index (χ4n) is 4.80. The number of nitrogens with zero attached hydrogens (tertiary/aromatic N) is 1. The molecule has 3 aromatic carbocycles. The average Bonchev–Trinajstić information content (AvgIpc) is 3.14. The monoisotopic (exact) mass is 431 g/mol. The Morgan fingerprint density at radius 3 is 2.56 bits per heavy atom. The number of benzene rings is 3. The third-order valence-corrected chi connectivity index (χ3v) is 6.76. The van der Waals surface area contributed by atoms with Crippen molar-refractivity contribution in [1.29, 1.82) is 0 Å². The van der Waals surface area contributed by atoms with Gasteiger partial charge in [0.25, 0.3) is 0 Å². The summed E-state index contributed by atoms with van der Waals surface area (Å²) in [6.45, 7) is 4.16. The number of aryl methyl sites for hydroxylation is 1. The summed E-state index contributed by atoms with van der Waals surface area (Å²) in [6, 6.07) is 19.4. The molecule has 0 atom stereocenters. The summed E-state index contributed by atoms with van der Waals surface area (Å²) >= 11 is 0. The number of carbonyl (C=O) groups is 1. The minimum Gasteiger partial charge on any atom is -0.489 e. The molecule has 0 saturated heterocycles. The predicted molar refractivity (Wildman–Crippen MR) is 121 cm³/mol. The predicted octanol–water partition coefficient (Wildman–Crippen LogP) is 5.56. The van der Waals surface area contributed by atoms with Crippen molar-refractivity contribution in [1.82, 2.24) is 4.90 Å². The van der Waals surface area contributed by atoms with Crippen molar-refractivity contribution < 1.29 is 19.0 Å². The van der Waals surface area contributed by atoms with E-state index in [1.807, 2.05) is 37.3 Å². The Bertz CT molecular complexity index is 1170. The first-order valence-corrected chi connectivity index (χ1v) is 11.0. The molecule has 32 heavy (non-hydrogen) atoms. The van der Waals surface area contributed by atoms with Crippen molar-refractivity contribution in [2.75, 3.05) is 0 Å². The molecule has 1 fully saturated rings. The average molecular weight is 432 g/mol. The van der Waals surface area contributed by atoms with E-state index in [1.165, 1.54) is 17.2 Å². The summed E-state index contributed by atoms with van der Waals surface area (Å²) in [6.07, 6.45) is 1.49. The minimum atomic E-state index is -0.675. The highest BCUT2D eigenvalue weighted by Crippen LogP contribution is 2.37. The molecule has 0 amide bonds. The van der Waals surface area contributed by atoms with Crippen LogP contribution in [0.25, 0.3) is 11.1 Å². The summed E-state index contributed by atoms with van der Waals surface area (Å²) < 4.78 is 20.2. The molecule has 0 unspecified atom stereocenters. The number of fused-ring (bicyclic) bond motifs is 1. The van der Waals surface area contributed by atoms with Crippen LogP contribution in [0.5, 0.6) is 5.75 Å². The van der Waals surface area contributed by atoms with E-state index in [1.54, 1.807) is 12.1 Å². The maximum absolute atomic E-state index is 14.1. The van der Waals surface area contributed by atoms with Gasteiger partial charge in [0.2, 0.25) is 0 Å². The first-order valence-electron chi connectivity index (χ1n) is 11.0. The lowest BCUT2D eigenvalue weighted by Gasteiger charge is -2.39. The maximum atomic E-state index is 14.1. The van der Waals surface area contributed by atoms with E-state index in [-0.39, 0.29) is 11.7 Å². The molecule has 1 aliphatic carbocycles. The molecule has 1 heterocycles. The fourth-order valence-corrected chi connectivity index (χ4v) is 4.80. The third-order valence-electron chi connectivity index (χ3n) is 6.76. The van der Waals surface area contributed by atoms with Crippen LogP contribution in [-0.2, 0) is 24.5 Å². The van der Waals surface area contributed by atoms with Gasteiger partial charge in [-0.25, -0.2) is 4.39 Å². The molecule has 2 aliphatic rings. The number of hydrogen-bond acceptors (Lipinski definition) is 3. The van der Waals surface area contributed by atoms with Crippen LogP contribution in [0.2, 0.25) is 0 Å². The van der Waals surface area contributed by atoms with Gasteiger partial charge in [-0.1, -0.05) is 42.5 Å². The molecule has 5 rings (SSSR count). The van der Waals surface area contributed by atoms with Crippen molar-refractivity contribution >= 4 is 5.97 Å². The molecule has 164 valence electrons. The van der Waals surface area contributed by atoms with Crippen LogP contribution < -0.4 is 4.74 Å². The van der Waals surface area contributed by atoms with E-state index < -0.39 is 5.97 Å². The lowest BCUT2D eigenvalue weighted by molar-refractivity contribution is -0.147. The second-order valence-corrected chi connectivity index (χ2v) is 8.91. The molecule has 1 N–H and O–H groups in total. The van der Waals surface area contributed by atoms with Crippen molar-refractivity contribution in [3.63, 3.8) is 0 Å². The molecule has 4 nitrogen and oxygen atoms in total. The summed E-state index contributed by atoms with van der Waals surface area (Å²) in [7, 11) is 0. The second kappa shape index (κ2) is 8.40. The third kappa shape index (κ3) is 4.00. The highest BCUT2D eigenvalue weighted by atomic mass is 19.1. The van der Waals surface area contributed by atoms with Crippen molar-refractivity contribution in [2.45, 2.75) is 45.5 Å². The maximum Gasteiger partial charge on any atom is 0.306 e. The highest BCUT2D eigenvalue weighted by molar-refractivity contribution is 5.71. The van der Waals surface area contributed by atoms with Gasteiger partial charge in [0.15, 0.2) is 0 Å². The van der Waals surface area contributed by atoms with Crippen LogP contribution in [-0.4, -0.2) is 22.0 Å². The van der Waals surface area contributed by atoms with Crippen molar-refractivity contribution in [3.8, 4) is 16.9 Å². The standard InChI is InChI=1S/C27H26FNO3/c1-17-10-18(6-9-24(17)25-4-2-3-5-26(25)28)16-32-23-8-7-19-14-29(15-21(19)13-23)22-11-20(12-22)27(30)31/h2-10,13,20,22H,11-12,14-16H2,1H3,(H,30,31)/t20-,22-. The summed E-state index contributed by atoms with van der Waals surface area (Å²) in [5.74, 6) is -0.243. The van der Waals surface area contributed by atoms with Crippen LogP contribution in [0.3, 0.4) is 0 Å². The van der Waals surface area contributed by atoms with Gasteiger partial charge in [-0.2, -0.15) is 0 Å². The molecular weight excluding hydrogens is 405 g/mol. The number of carboxylic acid groups (broad SMARTS) is 1. The Balaban J connectivity index is 1.22. The van der Waals surface area contributed by atoms with E-state index in [4.69, 9.17) is 9.84 Å². The Labute approximate surface area is 187 Å². The SMILES string of the molecule is Cc1cc(COc2ccc3c(c2)CN([C@H]2C[C@H](C(=O)O)C2)C3)ccc1-c1ccccc1F.